The van der Waals surface area contributed by atoms with Crippen LogP contribution in [-0.2, 0) is 11.8 Å². The topological polar surface area (TPSA) is 25.2 Å². The van der Waals surface area contributed by atoms with E-state index in [1.54, 1.807) is 4.90 Å². The first kappa shape index (κ1) is 15.3. The van der Waals surface area contributed by atoms with Crippen molar-refractivity contribution in [3.8, 4) is 0 Å². The molecule has 3 nitrogen and oxygen atoms in total. The number of carbonyl (C=O) groups is 1. The molecule has 1 aliphatic rings. The van der Waals surface area contributed by atoms with Crippen molar-refractivity contribution >= 4 is 51.2 Å². The molecule has 1 aliphatic heterocycles. The van der Waals surface area contributed by atoms with E-state index in [4.69, 9.17) is 12.2 Å². The van der Waals surface area contributed by atoms with Gasteiger partial charge in [-0.15, -0.1) is 0 Å². The summed E-state index contributed by atoms with van der Waals surface area (Å²) >= 11 is 6.73. The van der Waals surface area contributed by atoms with Crippen LogP contribution in [0, 0.1) is 6.92 Å². The van der Waals surface area contributed by atoms with E-state index in [0.717, 1.165) is 22.6 Å². The third kappa shape index (κ3) is 2.38. The highest BCUT2D eigenvalue weighted by Gasteiger charge is 2.31. The second-order valence-corrected chi connectivity index (χ2v) is 7.08. The molecule has 1 fully saturated rings. The number of aromatic nitrogens is 1. The van der Waals surface area contributed by atoms with E-state index in [1.165, 1.54) is 22.7 Å². The van der Waals surface area contributed by atoms with Gasteiger partial charge in [-0.3, -0.25) is 9.69 Å². The maximum atomic E-state index is 12.5. The van der Waals surface area contributed by atoms with Crippen molar-refractivity contribution in [3.05, 3.63) is 40.4 Å². The Balaban J connectivity index is 2.09. The normalized spacial score (nSPS) is 17.2. The summed E-state index contributed by atoms with van der Waals surface area (Å²) < 4.78 is 2.82. The van der Waals surface area contributed by atoms with Gasteiger partial charge in [-0.25, -0.2) is 0 Å². The predicted octanol–water partition coefficient (Wildman–Crippen LogP) is 4.10. The molecule has 3 rings (SSSR count). The van der Waals surface area contributed by atoms with Crippen LogP contribution in [0.5, 0.6) is 0 Å². The van der Waals surface area contributed by atoms with Gasteiger partial charge in [0.1, 0.15) is 4.32 Å². The van der Waals surface area contributed by atoms with Crippen molar-refractivity contribution in [1.29, 1.82) is 0 Å². The van der Waals surface area contributed by atoms with Gasteiger partial charge in [-0.05, 0) is 25.5 Å². The second-order valence-electron chi connectivity index (χ2n) is 5.41. The molecule has 1 aromatic carbocycles. The Bertz CT molecular complexity index is 804. The second kappa shape index (κ2) is 5.89. The number of thioether (sulfide) groups is 1. The van der Waals surface area contributed by atoms with Crippen LogP contribution in [0.25, 0.3) is 17.0 Å². The van der Waals surface area contributed by atoms with Crippen molar-refractivity contribution in [2.24, 2.45) is 7.05 Å². The van der Waals surface area contributed by atoms with E-state index in [0.29, 0.717) is 10.9 Å². The van der Waals surface area contributed by atoms with Crippen LogP contribution in [0.4, 0.5) is 0 Å². The number of hydrogen-bond donors (Lipinski definition) is 0. The summed E-state index contributed by atoms with van der Waals surface area (Å²) in [6, 6.07) is 8.26. The Hall–Kier alpha value is -1.59. The number of para-hydroxylation sites is 1. The molecule has 1 amide bonds. The largest absolute Gasteiger partial charge is 0.347 e. The number of rotatable bonds is 3. The van der Waals surface area contributed by atoms with Crippen LogP contribution in [0.15, 0.2) is 29.2 Å². The molecule has 22 heavy (non-hydrogen) atoms. The average molecular weight is 330 g/mol. The highest BCUT2D eigenvalue weighted by atomic mass is 32.2. The lowest BCUT2D eigenvalue weighted by atomic mass is 10.1. The first-order valence-electron chi connectivity index (χ1n) is 7.34. The molecule has 0 unspecified atom stereocenters. The highest BCUT2D eigenvalue weighted by molar-refractivity contribution is 8.26. The molecule has 2 heterocycles. The van der Waals surface area contributed by atoms with E-state index in [-0.39, 0.29) is 5.91 Å². The van der Waals surface area contributed by atoms with Crippen molar-refractivity contribution in [3.63, 3.8) is 0 Å². The zero-order valence-electron chi connectivity index (χ0n) is 12.9. The zero-order chi connectivity index (χ0) is 15.9. The van der Waals surface area contributed by atoms with Crippen molar-refractivity contribution < 1.29 is 4.79 Å². The van der Waals surface area contributed by atoms with Gasteiger partial charge in [0.05, 0.1) is 4.91 Å². The lowest BCUT2D eigenvalue weighted by Gasteiger charge is -2.11. The van der Waals surface area contributed by atoms with E-state index in [1.807, 2.05) is 18.2 Å². The van der Waals surface area contributed by atoms with Gasteiger partial charge in [-0.1, -0.05) is 49.1 Å². The number of hydrogen-bond acceptors (Lipinski definition) is 3. The summed E-state index contributed by atoms with van der Waals surface area (Å²) in [5.74, 6) is 0.0317. The summed E-state index contributed by atoms with van der Waals surface area (Å²) in [6.07, 6.45) is 2.90. The standard InChI is InChI=1S/C17H18N2OS2/c1-4-9-19-16(20)15(22-17(19)21)10-13-11(2)18(3)14-8-6-5-7-12(13)14/h5-8,10H,4,9H2,1-3H3/b15-10+. The summed E-state index contributed by atoms with van der Waals surface area (Å²) in [5, 5.41) is 1.17. The molecule has 0 bridgehead atoms. The molecule has 1 aromatic heterocycles. The van der Waals surface area contributed by atoms with Gasteiger partial charge in [0.25, 0.3) is 5.91 Å². The number of carbonyl (C=O) groups excluding carboxylic acids is 1. The van der Waals surface area contributed by atoms with Gasteiger partial charge in [0, 0.05) is 35.8 Å². The molecular formula is C17H18N2OS2. The molecule has 0 spiro atoms. The fraction of sp³-hybridized carbons (Fsp3) is 0.294. The Labute approximate surface area is 140 Å². The lowest BCUT2D eigenvalue weighted by molar-refractivity contribution is -0.122. The molecule has 0 radical (unpaired) electrons. The fourth-order valence-corrected chi connectivity index (χ4v) is 4.07. The molecule has 2 aromatic rings. The molecule has 0 atom stereocenters. The van der Waals surface area contributed by atoms with Crippen LogP contribution in [0.1, 0.15) is 24.6 Å². The van der Waals surface area contributed by atoms with E-state index >= 15 is 0 Å². The number of thiocarbonyl (C=S) groups is 1. The molecule has 0 aliphatic carbocycles. The molecular weight excluding hydrogens is 312 g/mol. The minimum absolute atomic E-state index is 0.0317. The summed E-state index contributed by atoms with van der Waals surface area (Å²) in [5.41, 5.74) is 3.44. The number of benzene rings is 1. The van der Waals surface area contributed by atoms with E-state index < -0.39 is 0 Å². The number of fused-ring (bicyclic) bond motifs is 1. The first-order valence-corrected chi connectivity index (χ1v) is 8.56. The van der Waals surface area contributed by atoms with Crippen LogP contribution >= 0.6 is 24.0 Å². The predicted molar refractivity (Wildman–Crippen MR) is 97.8 cm³/mol. The Morgan fingerprint density at radius 3 is 2.77 bits per heavy atom. The van der Waals surface area contributed by atoms with Crippen LogP contribution in [0.2, 0.25) is 0 Å². The van der Waals surface area contributed by atoms with Crippen LogP contribution in [0.3, 0.4) is 0 Å². The van der Waals surface area contributed by atoms with Crippen molar-refractivity contribution in [2.45, 2.75) is 20.3 Å². The SMILES string of the molecule is CCCN1C(=O)/C(=C\c2c(C)n(C)c3ccccc23)SC1=S. The van der Waals surface area contributed by atoms with Gasteiger partial charge < -0.3 is 4.57 Å². The Morgan fingerprint density at radius 1 is 1.32 bits per heavy atom. The molecule has 5 heteroatoms. The maximum absolute atomic E-state index is 12.5. The summed E-state index contributed by atoms with van der Waals surface area (Å²) in [6.45, 7) is 4.83. The van der Waals surface area contributed by atoms with E-state index in [2.05, 4.69) is 37.6 Å². The minimum Gasteiger partial charge on any atom is -0.347 e. The number of nitrogens with zero attached hydrogens (tertiary/aromatic N) is 2. The van der Waals surface area contributed by atoms with Crippen LogP contribution in [-0.4, -0.2) is 26.2 Å². The van der Waals surface area contributed by atoms with E-state index in [9.17, 15) is 4.79 Å². The first-order chi connectivity index (χ1) is 10.5. The third-order valence-corrected chi connectivity index (χ3v) is 5.42. The zero-order valence-corrected chi connectivity index (χ0v) is 14.6. The monoisotopic (exact) mass is 330 g/mol. The van der Waals surface area contributed by atoms with Crippen molar-refractivity contribution in [2.75, 3.05) is 6.54 Å². The molecule has 114 valence electrons. The average Bonchev–Trinajstić information content (AvgIpc) is 2.91. The summed E-state index contributed by atoms with van der Waals surface area (Å²) in [7, 11) is 2.05. The highest BCUT2D eigenvalue weighted by Crippen LogP contribution is 2.35. The lowest BCUT2D eigenvalue weighted by Crippen LogP contribution is -2.28. The van der Waals surface area contributed by atoms with Gasteiger partial charge in [0.2, 0.25) is 0 Å². The third-order valence-electron chi connectivity index (χ3n) is 4.04. The number of amides is 1. The Kier molecular flexibility index (Phi) is 4.10. The van der Waals surface area contributed by atoms with Crippen LogP contribution < -0.4 is 0 Å². The van der Waals surface area contributed by atoms with Gasteiger partial charge >= 0.3 is 0 Å². The summed E-state index contributed by atoms with van der Waals surface area (Å²) in [4.78, 5) is 14.9. The number of aryl methyl sites for hydroxylation is 1. The minimum atomic E-state index is 0.0317. The van der Waals surface area contributed by atoms with Gasteiger partial charge in [0.15, 0.2) is 0 Å². The smallest absolute Gasteiger partial charge is 0.266 e. The fourth-order valence-electron chi connectivity index (χ4n) is 2.78. The molecule has 0 saturated carbocycles. The Morgan fingerprint density at radius 2 is 2.05 bits per heavy atom. The van der Waals surface area contributed by atoms with Gasteiger partial charge in [-0.2, -0.15) is 0 Å². The van der Waals surface area contributed by atoms with Crippen molar-refractivity contribution in [1.82, 2.24) is 9.47 Å². The molecule has 1 saturated heterocycles. The quantitative estimate of drug-likeness (QED) is 0.626. The maximum Gasteiger partial charge on any atom is 0.266 e. The molecule has 0 N–H and O–H groups in total.